The van der Waals surface area contributed by atoms with Crippen LogP contribution in [0.15, 0.2) is 28.7 Å². The Bertz CT molecular complexity index is 403. The van der Waals surface area contributed by atoms with Crippen LogP contribution < -0.4 is 10.1 Å². The van der Waals surface area contributed by atoms with Gasteiger partial charge in [-0.15, -0.1) is 0 Å². The van der Waals surface area contributed by atoms with Crippen LogP contribution in [0.1, 0.15) is 12.8 Å². The molecule has 4 nitrogen and oxygen atoms in total. The summed E-state index contributed by atoms with van der Waals surface area (Å²) in [6.45, 7) is 1.02. The number of hydrogen-bond acceptors (Lipinski definition) is 3. The van der Waals surface area contributed by atoms with E-state index >= 15 is 0 Å². The lowest BCUT2D eigenvalue weighted by molar-refractivity contribution is -0.140. The van der Waals surface area contributed by atoms with E-state index in [9.17, 15) is 4.79 Å². The summed E-state index contributed by atoms with van der Waals surface area (Å²) in [6, 6.07) is 7.15. The standard InChI is InChI=1S/C13H16BrNO3/c14-10-3-5-11(6-4-10)18-8-7-15-12(13(16)17)9-1-2-9/h3-6,9,12,15H,1-2,7-8H2,(H,16,17). The van der Waals surface area contributed by atoms with Gasteiger partial charge in [-0.1, -0.05) is 15.9 Å². The lowest BCUT2D eigenvalue weighted by Gasteiger charge is -2.13. The number of aliphatic carboxylic acids is 1. The van der Waals surface area contributed by atoms with E-state index < -0.39 is 12.0 Å². The van der Waals surface area contributed by atoms with Crippen molar-refractivity contribution in [3.05, 3.63) is 28.7 Å². The lowest BCUT2D eigenvalue weighted by Crippen LogP contribution is -2.40. The van der Waals surface area contributed by atoms with Gasteiger partial charge in [0.1, 0.15) is 18.4 Å². The lowest BCUT2D eigenvalue weighted by atomic mass is 10.2. The first-order chi connectivity index (χ1) is 8.66. The molecule has 0 aliphatic heterocycles. The number of benzene rings is 1. The molecule has 2 N–H and O–H groups in total. The first-order valence-corrected chi connectivity index (χ1v) is 6.80. The zero-order chi connectivity index (χ0) is 13.0. The summed E-state index contributed by atoms with van der Waals surface area (Å²) in [6.07, 6.45) is 2.02. The van der Waals surface area contributed by atoms with Crippen LogP contribution in [0.4, 0.5) is 0 Å². The van der Waals surface area contributed by atoms with Gasteiger partial charge in [0, 0.05) is 11.0 Å². The van der Waals surface area contributed by atoms with Crippen LogP contribution in [-0.2, 0) is 4.79 Å². The van der Waals surface area contributed by atoms with E-state index in [4.69, 9.17) is 9.84 Å². The molecule has 1 aromatic rings. The van der Waals surface area contributed by atoms with Crippen molar-refractivity contribution in [2.45, 2.75) is 18.9 Å². The van der Waals surface area contributed by atoms with Crippen molar-refractivity contribution < 1.29 is 14.6 Å². The third kappa shape index (κ3) is 3.99. The predicted molar refractivity (Wildman–Crippen MR) is 71.8 cm³/mol. The molecule has 5 heteroatoms. The molecular weight excluding hydrogens is 298 g/mol. The number of carboxylic acids is 1. The highest BCUT2D eigenvalue weighted by atomic mass is 79.9. The van der Waals surface area contributed by atoms with Gasteiger partial charge < -0.3 is 15.2 Å². The molecule has 0 bridgehead atoms. The van der Waals surface area contributed by atoms with Crippen molar-refractivity contribution in [3.63, 3.8) is 0 Å². The van der Waals surface area contributed by atoms with Gasteiger partial charge >= 0.3 is 5.97 Å². The molecule has 1 aliphatic carbocycles. The van der Waals surface area contributed by atoms with Gasteiger partial charge in [0.25, 0.3) is 0 Å². The molecule has 0 aromatic heterocycles. The summed E-state index contributed by atoms with van der Waals surface area (Å²) in [5, 5.41) is 12.1. The minimum atomic E-state index is -0.763. The third-order valence-corrected chi connectivity index (χ3v) is 3.44. The van der Waals surface area contributed by atoms with E-state index in [0.29, 0.717) is 19.1 Å². The Morgan fingerprint density at radius 1 is 1.44 bits per heavy atom. The van der Waals surface area contributed by atoms with Crippen LogP contribution in [0.3, 0.4) is 0 Å². The molecule has 2 rings (SSSR count). The number of ether oxygens (including phenoxy) is 1. The quantitative estimate of drug-likeness (QED) is 0.758. The van der Waals surface area contributed by atoms with E-state index in [1.807, 2.05) is 24.3 Å². The normalized spacial score (nSPS) is 16.3. The Morgan fingerprint density at radius 3 is 2.67 bits per heavy atom. The first kappa shape index (κ1) is 13.4. The van der Waals surface area contributed by atoms with Crippen molar-refractivity contribution in [3.8, 4) is 5.75 Å². The average molecular weight is 314 g/mol. The van der Waals surface area contributed by atoms with Gasteiger partial charge in [-0.25, -0.2) is 0 Å². The van der Waals surface area contributed by atoms with Crippen LogP contribution >= 0.6 is 15.9 Å². The molecular formula is C13H16BrNO3. The molecule has 0 heterocycles. The van der Waals surface area contributed by atoms with Crippen LogP contribution in [0.5, 0.6) is 5.75 Å². The van der Waals surface area contributed by atoms with E-state index in [1.54, 1.807) is 0 Å². The van der Waals surface area contributed by atoms with Crippen LogP contribution in [0.25, 0.3) is 0 Å². The molecule has 1 aromatic carbocycles. The Hall–Kier alpha value is -1.07. The largest absolute Gasteiger partial charge is 0.492 e. The van der Waals surface area contributed by atoms with Gasteiger partial charge in [0.2, 0.25) is 0 Å². The average Bonchev–Trinajstić information content (AvgIpc) is 3.15. The maximum absolute atomic E-state index is 11.0. The molecule has 1 fully saturated rings. The van der Waals surface area contributed by atoms with E-state index in [0.717, 1.165) is 23.1 Å². The number of carbonyl (C=O) groups is 1. The Balaban J connectivity index is 1.68. The fourth-order valence-electron chi connectivity index (χ4n) is 1.80. The van der Waals surface area contributed by atoms with Gasteiger partial charge in [-0.2, -0.15) is 0 Å². The van der Waals surface area contributed by atoms with Crippen LogP contribution in [0.2, 0.25) is 0 Å². The Kier molecular flexibility index (Phi) is 4.60. The Morgan fingerprint density at radius 2 is 2.11 bits per heavy atom. The second-order valence-corrected chi connectivity index (χ2v) is 5.33. The van der Waals surface area contributed by atoms with E-state index in [-0.39, 0.29) is 0 Å². The topological polar surface area (TPSA) is 58.6 Å². The zero-order valence-electron chi connectivity index (χ0n) is 9.93. The van der Waals surface area contributed by atoms with Crippen molar-refractivity contribution >= 4 is 21.9 Å². The van der Waals surface area contributed by atoms with Gasteiger partial charge in [-0.05, 0) is 43.0 Å². The maximum atomic E-state index is 11.0. The number of carboxylic acid groups (broad SMARTS) is 1. The summed E-state index contributed by atoms with van der Waals surface area (Å²) >= 11 is 3.35. The molecule has 0 radical (unpaired) electrons. The molecule has 0 amide bonds. The molecule has 0 saturated heterocycles. The molecule has 98 valence electrons. The van der Waals surface area contributed by atoms with Gasteiger partial charge in [0.15, 0.2) is 0 Å². The van der Waals surface area contributed by atoms with Gasteiger partial charge in [-0.3, -0.25) is 4.79 Å². The highest BCUT2D eigenvalue weighted by molar-refractivity contribution is 9.10. The third-order valence-electron chi connectivity index (χ3n) is 2.91. The smallest absolute Gasteiger partial charge is 0.320 e. The van der Waals surface area contributed by atoms with Crippen LogP contribution in [0, 0.1) is 5.92 Å². The van der Waals surface area contributed by atoms with Crippen molar-refractivity contribution in [2.75, 3.05) is 13.2 Å². The SMILES string of the molecule is O=C(O)C(NCCOc1ccc(Br)cc1)C1CC1. The number of halogens is 1. The van der Waals surface area contributed by atoms with Crippen LogP contribution in [-0.4, -0.2) is 30.3 Å². The Labute approximate surface area is 114 Å². The number of hydrogen-bond donors (Lipinski definition) is 2. The number of rotatable bonds is 7. The minimum absolute atomic E-state index is 0.301. The summed E-state index contributed by atoms with van der Waals surface area (Å²) in [7, 11) is 0. The summed E-state index contributed by atoms with van der Waals surface area (Å²) in [5.41, 5.74) is 0. The summed E-state index contributed by atoms with van der Waals surface area (Å²) < 4.78 is 6.52. The maximum Gasteiger partial charge on any atom is 0.320 e. The molecule has 18 heavy (non-hydrogen) atoms. The number of nitrogens with one attached hydrogen (secondary N) is 1. The fourth-order valence-corrected chi connectivity index (χ4v) is 2.06. The first-order valence-electron chi connectivity index (χ1n) is 6.01. The molecule has 1 aliphatic rings. The fraction of sp³-hybridized carbons (Fsp3) is 0.462. The predicted octanol–water partition coefficient (Wildman–Crippen LogP) is 2.28. The second-order valence-electron chi connectivity index (χ2n) is 4.41. The summed E-state index contributed by atoms with van der Waals surface area (Å²) in [4.78, 5) is 11.0. The van der Waals surface area contributed by atoms with Crippen molar-refractivity contribution in [1.82, 2.24) is 5.32 Å². The highest BCUT2D eigenvalue weighted by Crippen LogP contribution is 2.32. The highest BCUT2D eigenvalue weighted by Gasteiger charge is 2.35. The minimum Gasteiger partial charge on any atom is -0.492 e. The van der Waals surface area contributed by atoms with Gasteiger partial charge in [0.05, 0.1) is 0 Å². The molecule has 0 spiro atoms. The van der Waals surface area contributed by atoms with Crippen molar-refractivity contribution in [1.29, 1.82) is 0 Å². The zero-order valence-corrected chi connectivity index (χ0v) is 11.5. The van der Waals surface area contributed by atoms with E-state index in [2.05, 4.69) is 21.2 Å². The molecule has 1 atom stereocenters. The second kappa shape index (κ2) is 6.20. The summed E-state index contributed by atoms with van der Waals surface area (Å²) in [5.74, 6) is 0.328. The molecule has 1 unspecified atom stereocenters. The monoisotopic (exact) mass is 313 g/mol. The molecule has 1 saturated carbocycles. The van der Waals surface area contributed by atoms with Crippen molar-refractivity contribution in [2.24, 2.45) is 5.92 Å². The van der Waals surface area contributed by atoms with E-state index in [1.165, 1.54) is 0 Å².